The van der Waals surface area contributed by atoms with Crippen LogP contribution in [0.15, 0.2) is 24.3 Å². The Balaban J connectivity index is 1.72. The molecule has 7 heteroatoms. The van der Waals surface area contributed by atoms with Crippen LogP contribution in [0, 0.1) is 10.1 Å². The van der Waals surface area contributed by atoms with Gasteiger partial charge in [-0.15, -0.1) is 0 Å². The molecule has 21 heavy (non-hydrogen) atoms. The van der Waals surface area contributed by atoms with E-state index in [1.165, 1.54) is 12.1 Å². The molecule has 0 spiro atoms. The van der Waals surface area contributed by atoms with Crippen LogP contribution in [0.2, 0.25) is 0 Å². The second-order valence-corrected chi connectivity index (χ2v) is 4.98. The molecule has 0 saturated carbocycles. The molecule has 0 radical (unpaired) electrons. The van der Waals surface area contributed by atoms with Gasteiger partial charge in [-0.05, 0) is 18.4 Å². The van der Waals surface area contributed by atoms with Gasteiger partial charge in [0.2, 0.25) is 5.91 Å². The number of carbonyl (C=O) groups excluding carboxylic acids is 1. The van der Waals surface area contributed by atoms with Crippen molar-refractivity contribution in [1.29, 1.82) is 0 Å². The van der Waals surface area contributed by atoms with Crippen molar-refractivity contribution in [2.45, 2.75) is 25.4 Å². The topological polar surface area (TPSA) is 93.5 Å². The van der Waals surface area contributed by atoms with E-state index >= 15 is 0 Å². The van der Waals surface area contributed by atoms with Crippen LogP contribution in [0.4, 0.5) is 5.69 Å². The monoisotopic (exact) mass is 293 g/mol. The molecule has 1 aromatic carbocycles. The highest BCUT2D eigenvalue weighted by molar-refractivity contribution is 5.78. The Hall–Kier alpha value is -1.99. The largest absolute Gasteiger partial charge is 0.381 e. The summed E-state index contributed by atoms with van der Waals surface area (Å²) < 4.78 is 5.23. The number of ether oxygens (including phenoxy) is 1. The second kappa shape index (κ2) is 7.70. The third kappa shape index (κ3) is 5.13. The molecule has 1 aliphatic rings. The van der Waals surface area contributed by atoms with Crippen molar-refractivity contribution in [2.75, 3.05) is 19.8 Å². The number of nitro benzene ring substituents is 1. The summed E-state index contributed by atoms with van der Waals surface area (Å²) >= 11 is 0. The first kappa shape index (κ1) is 15.4. The minimum absolute atomic E-state index is 0.0564. The lowest BCUT2D eigenvalue weighted by molar-refractivity contribution is -0.384. The Morgan fingerprint density at radius 3 is 2.86 bits per heavy atom. The summed E-state index contributed by atoms with van der Waals surface area (Å²) in [5.41, 5.74) is 0.837. The summed E-state index contributed by atoms with van der Waals surface area (Å²) in [6.45, 7) is 1.99. The second-order valence-electron chi connectivity index (χ2n) is 4.98. The van der Waals surface area contributed by atoms with Crippen LogP contribution >= 0.6 is 0 Å². The van der Waals surface area contributed by atoms with Crippen LogP contribution in [-0.2, 0) is 16.1 Å². The van der Waals surface area contributed by atoms with Crippen molar-refractivity contribution in [2.24, 2.45) is 0 Å². The predicted octanol–water partition coefficient (Wildman–Crippen LogP) is 0.980. The van der Waals surface area contributed by atoms with Crippen LogP contribution in [0.3, 0.4) is 0 Å². The van der Waals surface area contributed by atoms with Crippen molar-refractivity contribution in [3.63, 3.8) is 0 Å². The van der Waals surface area contributed by atoms with Crippen LogP contribution in [0.5, 0.6) is 0 Å². The van der Waals surface area contributed by atoms with Crippen LogP contribution in [0.1, 0.15) is 18.4 Å². The number of benzene rings is 1. The van der Waals surface area contributed by atoms with Gasteiger partial charge in [0, 0.05) is 37.9 Å². The number of nitro groups is 1. The highest BCUT2D eigenvalue weighted by Crippen LogP contribution is 2.12. The van der Waals surface area contributed by atoms with E-state index in [4.69, 9.17) is 4.74 Å². The Morgan fingerprint density at radius 2 is 2.14 bits per heavy atom. The zero-order valence-corrected chi connectivity index (χ0v) is 11.7. The first-order valence-corrected chi connectivity index (χ1v) is 6.96. The van der Waals surface area contributed by atoms with E-state index < -0.39 is 4.92 Å². The number of nitrogens with one attached hydrogen (secondary N) is 2. The zero-order valence-electron chi connectivity index (χ0n) is 11.7. The van der Waals surface area contributed by atoms with Gasteiger partial charge in [0.15, 0.2) is 0 Å². The minimum Gasteiger partial charge on any atom is -0.381 e. The highest BCUT2D eigenvalue weighted by atomic mass is 16.6. The first-order chi connectivity index (χ1) is 10.1. The van der Waals surface area contributed by atoms with Gasteiger partial charge in [-0.25, -0.2) is 0 Å². The Kier molecular flexibility index (Phi) is 5.65. The van der Waals surface area contributed by atoms with E-state index in [1.807, 2.05) is 0 Å². The molecule has 0 aliphatic carbocycles. The lowest BCUT2D eigenvalue weighted by Crippen LogP contribution is -2.42. The number of amides is 1. The predicted molar refractivity (Wildman–Crippen MR) is 76.8 cm³/mol. The fourth-order valence-corrected chi connectivity index (χ4v) is 2.22. The standard InChI is InChI=1S/C14H19N3O4/c18-14(16-12-4-6-21-7-5-12)10-15-9-11-2-1-3-13(8-11)17(19)20/h1-3,8,12,15H,4-7,9-10H2,(H,16,18). The Bertz CT molecular complexity index is 501. The van der Waals surface area contributed by atoms with E-state index in [2.05, 4.69) is 10.6 Å². The summed E-state index contributed by atoms with van der Waals surface area (Å²) in [7, 11) is 0. The number of non-ortho nitro benzene ring substituents is 1. The van der Waals surface area contributed by atoms with Gasteiger partial charge in [0.25, 0.3) is 5.69 Å². The summed E-state index contributed by atoms with van der Waals surface area (Å²) in [6, 6.07) is 6.56. The molecule has 0 bridgehead atoms. The van der Waals surface area contributed by atoms with Gasteiger partial charge in [-0.1, -0.05) is 12.1 Å². The van der Waals surface area contributed by atoms with E-state index in [-0.39, 0.29) is 24.2 Å². The SMILES string of the molecule is O=C(CNCc1cccc([N+](=O)[O-])c1)NC1CCOCC1. The van der Waals surface area contributed by atoms with Gasteiger partial charge in [0.1, 0.15) is 0 Å². The fraction of sp³-hybridized carbons (Fsp3) is 0.500. The molecule has 0 atom stereocenters. The molecule has 1 heterocycles. The van der Waals surface area contributed by atoms with Gasteiger partial charge < -0.3 is 15.4 Å². The average Bonchev–Trinajstić information content (AvgIpc) is 2.48. The smallest absolute Gasteiger partial charge is 0.269 e. The summed E-state index contributed by atoms with van der Waals surface area (Å²) in [6.07, 6.45) is 1.69. The highest BCUT2D eigenvalue weighted by Gasteiger charge is 2.15. The number of hydrogen-bond acceptors (Lipinski definition) is 5. The van der Waals surface area contributed by atoms with Crippen molar-refractivity contribution in [1.82, 2.24) is 10.6 Å². The lowest BCUT2D eigenvalue weighted by Gasteiger charge is -2.23. The first-order valence-electron chi connectivity index (χ1n) is 6.96. The molecule has 1 amide bonds. The average molecular weight is 293 g/mol. The summed E-state index contributed by atoms with van der Waals surface area (Å²) in [5, 5.41) is 16.6. The number of nitrogens with zero attached hydrogens (tertiary/aromatic N) is 1. The molecular formula is C14H19N3O4. The molecule has 2 N–H and O–H groups in total. The molecule has 0 unspecified atom stereocenters. The zero-order chi connectivity index (χ0) is 15.1. The molecule has 2 rings (SSSR count). The third-order valence-corrected chi connectivity index (χ3v) is 3.32. The van der Waals surface area contributed by atoms with E-state index in [0.717, 1.165) is 18.4 Å². The van der Waals surface area contributed by atoms with Gasteiger partial charge >= 0.3 is 0 Å². The molecule has 114 valence electrons. The summed E-state index contributed by atoms with van der Waals surface area (Å²) in [5.74, 6) is -0.0627. The molecule has 1 fully saturated rings. The minimum atomic E-state index is -0.429. The van der Waals surface area contributed by atoms with Gasteiger partial charge in [0.05, 0.1) is 11.5 Å². The number of carbonyl (C=O) groups is 1. The molecule has 7 nitrogen and oxygen atoms in total. The summed E-state index contributed by atoms with van der Waals surface area (Å²) in [4.78, 5) is 22.0. The van der Waals surface area contributed by atoms with E-state index in [0.29, 0.717) is 19.8 Å². The molecular weight excluding hydrogens is 274 g/mol. The number of hydrogen-bond donors (Lipinski definition) is 2. The molecule has 1 saturated heterocycles. The lowest BCUT2D eigenvalue weighted by atomic mass is 10.1. The van der Waals surface area contributed by atoms with E-state index in [9.17, 15) is 14.9 Å². The molecule has 1 aliphatic heterocycles. The molecule has 1 aromatic rings. The third-order valence-electron chi connectivity index (χ3n) is 3.32. The number of rotatable bonds is 6. The Morgan fingerprint density at radius 1 is 1.38 bits per heavy atom. The normalized spacial score (nSPS) is 15.6. The van der Waals surface area contributed by atoms with Crippen molar-refractivity contribution in [3.8, 4) is 0 Å². The van der Waals surface area contributed by atoms with Crippen LogP contribution in [0.25, 0.3) is 0 Å². The Labute approximate surface area is 122 Å². The van der Waals surface area contributed by atoms with Crippen LogP contribution in [-0.4, -0.2) is 36.6 Å². The van der Waals surface area contributed by atoms with Crippen LogP contribution < -0.4 is 10.6 Å². The molecule has 0 aromatic heterocycles. The maximum Gasteiger partial charge on any atom is 0.269 e. The van der Waals surface area contributed by atoms with Crippen molar-refractivity contribution >= 4 is 11.6 Å². The van der Waals surface area contributed by atoms with Crippen molar-refractivity contribution < 1.29 is 14.5 Å². The van der Waals surface area contributed by atoms with E-state index in [1.54, 1.807) is 12.1 Å². The fourth-order valence-electron chi connectivity index (χ4n) is 2.22. The van der Waals surface area contributed by atoms with Gasteiger partial charge in [-0.3, -0.25) is 14.9 Å². The maximum atomic E-state index is 11.8. The maximum absolute atomic E-state index is 11.8. The quantitative estimate of drug-likeness (QED) is 0.602. The van der Waals surface area contributed by atoms with Crippen molar-refractivity contribution in [3.05, 3.63) is 39.9 Å². The van der Waals surface area contributed by atoms with Gasteiger partial charge in [-0.2, -0.15) is 0 Å².